The molecule has 0 unspecified atom stereocenters. The van der Waals surface area contributed by atoms with Crippen molar-refractivity contribution >= 4 is 24.3 Å². The molecule has 2 N–H and O–H groups in total. The lowest BCUT2D eigenvalue weighted by Crippen LogP contribution is -2.72. The molecule has 7 heteroatoms. The Balaban J connectivity index is 1.45. The third kappa shape index (κ3) is 5.54. The van der Waals surface area contributed by atoms with Crippen LogP contribution in [0, 0.1) is 50.2 Å². The maximum atomic E-state index is 13.8. The van der Waals surface area contributed by atoms with E-state index < -0.39 is 52.4 Å². The maximum Gasteiger partial charge on any atom is 0.333 e. The first-order chi connectivity index (χ1) is 23.8. The highest BCUT2D eigenvalue weighted by molar-refractivity contribution is 5.89. The second kappa shape index (κ2) is 12.8. The minimum absolute atomic E-state index is 0.0177. The van der Waals surface area contributed by atoms with Gasteiger partial charge in [-0.25, -0.2) is 9.59 Å². The molecule has 0 bridgehead atoms. The number of carbonyl (C=O) groups excluding carboxylic acids is 3. The molecular formula is C44H60O7. The molecule has 0 radical (unpaired) electrons. The second-order valence-corrected chi connectivity index (χ2v) is 18.7. The minimum atomic E-state index is -1.52. The molecule has 1 aromatic carbocycles. The summed E-state index contributed by atoms with van der Waals surface area (Å²) in [7, 11) is 0. The van der Waals surface area contributed by atoms with Gasteiger partial charge in [-0.2, -0.15) is 0 Å². The minimum Gasteiger partial charge on any atom is -0.454 e. The molecule has 5 aliphatic carbocycles. The first-order valence-electron chi connectivity index (χ1n) is 19.1. The highest BCUT2D eigenvalue weighted by Gasteiger charge is 2.73. The van der Waals surface area contributed by atoms with Crippen molar-refractivity contribution in [2.45, 2.75) is 132 Å². The van der Waals surface area contributed by atoms with Gasteiger partial charge in [0.05, 0.1) is 17.6 Å². The van der Waals surface area contributed by atoms with Crippen molar-refractivity contribution in [2.75, 3.05) is 0 Å². The quantitative estimate of drug-likeness (QED) is 0.134. The normalized spacial score (nSPS) is 42.7. The van der Waals surface area contributed by atoms with Crippen LogP contribution in [0.15, 0.2) is 59.7 Å². The van der Waals surface area contributed by atoms with E-state index in [1.165, 1.54) is 11.6 Å². The molecule has 4 fully saturated rings. The van der Waals surface area contributed by atoms with Gasteiger partial charge in [-0.1, -0.05) is 96.5 Å². The number of allylic oxidation sites excluding steroid dienone is 3. The zero-order valence-electron chi connectivity index (χ0n) is 32.2. The van der Waals surface area contributed by atoms with Crippen LogP contribution < -0.4 is 0 Å². The number of hydrogen-bond acceptors (Lipinski definition) is 7. The molecule has 1 aromatic rings. The Bertz CT molecular complexity index is 1640. The van der Waals surface area contributed by atoms with E-state index in [2.05, 4.69) is 40.7 Å². The molecule has 278 valence electrons. The Morgan fingerprint density at radius 1 is 0.863 bits per heavy atom. The SMILES string of the molecule is C/C=C(/C)C(=O)O[C@H]1[C@H](OC(=O)/C=C\c2ccccc2)[C@]2(C=O)[C@H](O)C[C@]3(C)C(=CC[C@@H]4[C@@]5(C)CC[C@H](O)C(C)(C)[C@@H]5CC[C@]43C)[C@@H]2CC1(C)C. The summed E-state index contributed by atoms with van der Waals surface area (Å²) in [5.74, 6) is -0.913. The lowest BCUT2D eigenvalue weighted by molar-refractivity contribution is -0.248. The molecular weight excluding hydrogens is 640 g/mol. The van der Waals surface area contributed by atoms with Gasteiger partial charge in [-0.05, 0) is 110 Å². The van der Waals surface area contributed by atoms with E-state index in [1.807, 2.05) is 44.2 Å². The fourth-order valence-corrected chi connectivity index (χ4v) is 12.3. The second-order valence-electron chi connectivity index (χ2n) is 18.7. The Hall–Kier alpha value is -3.03. The van der Waals surface area contributed by atoms with Gasteiger partial charge in [-0.15, -0.1) is 0 Å². The summed E-state index contributed by atoms with van der Waals surface area (Å²) < 4.78 is 12.5. The number of ether oxygens (including phenoxy) is 2. The molecule has 4 saturated carbocycles. The Labute approximate surface area is 305 Å². The van der Waals surface area contributed by atoms with Crippen LogP contribution in [0.4, 0.5) is 0 Å². The summed E-state index contributed by atoms with van der Waals surface area (Å²) in [5, 5.41) is 23.7. The molecule has 0 amide bonds. The van der Waals surface area contributed by atoms with Gasteiger partial charge >= 0.3 is 11.9 Å². The number of esters is 2. The van der Waals surface area contributed by atoms with E-state index in [9.17, 15) is 24.6 Å². The van der Waals surface area contributed by atoms with E-state index in [-0.39, 0.29) is 22.3 Å². The first kappa shape index (κ1) is 37.7. The van der Waals surface area contributed by atoms with Crippen molar-refractivity contribution in [3.63, 3.8) is 0 Å². The van der Waals surface area contributed by atoms with Gasteiger partial charge in [0, 0.05) is 17.1 Å². The van der Waals surface area contributed by atoms with Crippen LogP contribution in [0.1, 0.15) is 113 Å². The molecule has 0 aromatic heterocycles. The van der Waals surface area contributed by atoms with Crippen LogP contribution >= 0.6 is 0 Å². The Morgan fingerprint density at radius 3 is 2.20 bits per heavy atom. The number of rotatable bonds is 6. The van der Waals surface area contributed by atoms with Crippen molar-refractivity contribution in [2.24, 2.45) is 50.2 Å². The predicted octanol–water partition coefficient (Wildman–Crippen LogP) is 8.04. The van der Waals surface area contributed by atoms with Gasteiger partial charge in [0.25, 0.3) is 0 Å². The Kier molecular flexibility index (Phi) is 9.49. The van der Waals surface area contributed by atoms with Crippen LogP contribution in [0.3, 0.4) is 0 Å². The molecule has 6 rings (SSSR count). The van der Waals surface area contributed by atoms with Crippen LogP contribution in [-0.2, 0) is 23.9 Å². The highest BCUT2D eigenvalue weighted by atomic mass is 16.6. The monoisotopic (exact) mass is 700 g/mol. The molecule has 11 atom stereocenters. The van der Waals surface area contributed by atoms with Crippen LogP contribution in [0.25, 0.3) is 6.08 Å². The summed E-state index contributed by atoms with van der Waals surface area (Å²) in [6.07, 6.45) is 9.57. The van der Waals surface area contributed by atoms with Crippen LogP contribution in [0.2, 0.25) is 0 Å². The zero-order chi connectivity index (χ0) is 37.4. The molecule has 0 heterocycles. The van der Waals surface area contributed by atoms with Crippen molar-refractivity contribution in [1.29, 1.82) is 0 Å². The number of aliphatic hydroxyl groups excluding tert-OH is 2. The average Bonchev–Trinajstić information content (AvgIpc) is 3.07. The van der Waals surface area contributed by atoms with E-state index in [1.54, 1.807) is 26.0 Å². The van der Waals surface area contributed by atoms with Crippen molar-refractivity contribution in [3.05, 3.63) is 65.3 Å². The first-order valence-corrected chi connectivity index (χ1v) is 19.1. The fourth-order valence-electron chi connectivity index (χ4n) is 12.3. The van der Waals surface area contributed by atoms with Gasteiger partial charge in [0.15, 0.2) is 6.10 Å². The topological polar surface area (TPSA) is 110 Å². The predicted molar refractivity (Wildman–Crippen MR) is 198 cm³/mol. The number of carbonyl (C=O) groups is 3. The molecule has 0 saturated heterocycles. The van der Waals surface area contributed by atoms with E-state index in [4.69, 9.17) is 9.47 Å². The van der Waals surface area contributed by atoms with Gasteiger partial charge in [0.1, 0.15) is 12.4 Å². The maximum absolute atomic E-state index is 13.8. The molecule has 51 heavy (non-hydrogen) atoms. The molecule has 5 aliphatic rings. The summed E-state index contributed by atoms with van der Waals surface area (Å²) in [6, 6.07) is 9.40. The van der Waals surface area contributed by atoms with E-state index in [0.29, 0.717) is 30.3 Å². The number of benzene rings is 1. The summed E-state index contributed by atoms with van der Waals surface area (Å²) in [5.41, 5.74) is -0.600. The smallest absolute Gasteiger partial charge is 0.333 e. The average molecular weight is 701 g/mol. The van der Waals surface area contributed by atoms with Crippen molar-refractivity contribution in [1.82, 2.24) is 0 Å². The van der Waals surface area contributed by atoms with Crippen LogP contribution in [0.5, 0.6) is 0 Å². The van der Waals surface area contributed by atoms with Gasteiger partial charge < -0.3 is 24.5 Å². The van der Waals surface area contributed by atoms with Gasteiger partial charge in [0.2, 0.25) is 0 Å². The summed E-state index contributed by atoms with van der Waals surface area (Å²) in [4.78, 5) is 40.9. The standard InChI is InChI=1S/C44H60O7/c1-10-27(2)38(49)51-36-37(50-35(48)19-16-28-14-12-11-13-15-28)44(26-45)30(24-39(36,3)4)29-17-18-32-41(7)22-21-33(46)40(5,6)31(41)20-23-42(32,8)43(29,9)25-34(44)47/h10-17,19,26,30-34,36-37,46-47H,18,20-25H2,1-9H3/b19-16-,27-10-/t30-,31-,32+,33-,34+,36-,37-,41-,42+,43+,44-/m0/s1. The lowest BCUT2D eigenvalue weighted by atomic mass is 9.33. The van der Waals surface area contributed by atoms with Gasteiger partial charge in [-0.3, -0.25) is 0 Å². The third-order valence-corrected chi connectivity index (χ3v) is 15.6. The van der Waals surface area contributed by atoms with Crippen molar-refractivity contribution < 1.29 is 34.1 Å². The number of aliphatic hydroxyl groups is 2. The molecule has 0 spiro atoms. The van der Waals surface area contributed by atoms with E-state index >= 15 is 0 Å². The summed E-state index contributed by atoms with van der Waals surface area (Å²) in [6.45, 7) is 19.1. The number of hydrogen-bond donors (Lipinski definition) is 2. The number of fused-ring (bicyclic) bond motifs is 7. The third-order valence-electron chi connectivity index (χ3n) is 15.6. The van der Waals surface area contributed by atoms with E-state index in [0.717, 1.165) is 44.0 Å². The summed E-state index contributed by atoms with van der Waals surface area (Å²) >= 11 is 0. The fraction of sp³-hybridized carbons (Fsp3) is 0.659. The molecule has 7 nitrogen and oxygen atoms in total. The molecule has 0 aliphatic heterocycles. The number of aldehydes is 1. The van der Waals surface area contributed by atoms with Crippen molar-refractivity contribution in [3.8, 4) is 0 Å². The Morgan fingerprint density at radius 2 is 1.55 bits per heavy atom. The lowest BCUT2D eigenvalue weighted by Gasteiger charge is -2.72. The largest absolute Gasteiger partial charge is 0.454 e. The highest BCUT2D eigenvalue weighted by Crippen LogP contribution is 2.75. The zero-order valence-corrected chi connectivity index (χ0v) is 32.2. The van der Waals surface area contributed by atoms with Crippen LogP contribution in [-0.4, -0.2) is 52.9 Å².